The van der Waals surface area contributed by atoms with Crippen molar-refractivity contribution < 1.29 is 9.59 Å². The summed E-state index contributed by atoms with van der Waals surface area (Å²) in [7, 11) is 0. The Kier molecular flexibility index (Phi) is 2.73. The van der Waals surface area contributed by atoms with Crippen LogP contribution in [-0.2, 0) is 4.79 Å². The zero-order valence-corrected chi connectivity index (χ0v) is 8.75. The highest BCUT2D eigenvalue weighted by Crippen LogP contribution is 2.15. The van der Waals surface area contributed by atoms with E-state index < -0.39 is 0 Å². The molecule has 0 bridgehead atoms. The Morgan fingerprint density at radius 2 is 2.00 bits per heavy atom. The van der Waals surface area contributed by atoms with Gasteiger partial charge in [-0.15, -0.1) is 0 Å². The SMILES string of the molecule is O=C1CCC(C(=O)c2ccc(Cl)cc2)N1. The second-order valence-electron chi connectivity index (χ2n) is 3.53. The summed E-state index contributed by atoms with van der Waals surface area (Å²) in [4.78, 5) is 22.8. The highest BCUT2D eigenvalue weighted by Gasteiger charge is 2.27. The van der Waals surface area contributed by atoms with E-state index in [1.54, 1.807) is 24.3 Å². The molecule has 1 N–H and O–H groups in total. The van der Waals surface area contributed by atoms with E-state index >= 15 is 0 Å². The predicted molar refractivity (Wildman–Crippen MR) is 56.9 cm³/mol. The summed E-state index contributed by atoms with van der Waals surface area (Å²) in [5.41, 5.74) is 0.589. The molecule has 1 saturated heterocycles. The molecule has 1 fully saturated rings. The first-order valence-electron chi connectivity index (χ1n) is 4.76. The van der Waals surface area contributed by atoms with Gasteiger partial charge in [0.05, 0.1) is 6.04 Å². The lowest BCUT2D eigenvalue weighted by Gasteiger charge is -2.08. The minimum Gasteiger partial charge on any atom is -0.346 e. The number of carbonyl (C=O) groups is 2. The van der Waals surface area contributed by atoms with Crippen LogP contribution in [0.5, 0.6) is 0 Å². The highest BCUT2D eigenvalue weighted by molar-refractivity contribution is 6.30. The molecule has 1 heterocycles. The Balaban J connectivity index is 2.14. The largest absolute Gasteiger partial charge is 0.346 e. The summed E-state index contributed by atoms with van der Waals surface area (Å²) >= 11 is 5.72. The molecule has 1 aromatic rings. The van der Waals surface area contributed by atoms with Crippen molar-refractivity contribution in [1.82, 2.24) is 5.32 Å². The molecule has 1 aliphatic heterocycles. The van der Waals surface area contributed by atoms with Gasteiger partial charge in [-0.05, 0) is 30.7 Å². The number of amides is 1. The molecule has 1 atom stereocenters. The standard InChI is InChI=1S/C11H10ClNO2/c12-8-3-1-7(2-4-8)11(15)9-5-6-10(14)13-9/h1-4,9H,5-6H2,(H,13,14). The highest BCUT2D eigenvalue weighted by atomic mass is 35.5. The molecule has 1 aliphatic rings. The molecule has 0 aliphatic carbocycles. The normalized spacial score (nSPS) is 20.1. The molecular formula is C11H10ClNO2. The third-order valence-corrected chi connectivity index (χ3v) is 2.69. The monoisotopic (exact) mass is 223 g/mol. The number of carbonyl (C=O) groups excluding carboxylic acids is 2. The molecule has 4 heteroatoms. The van der Waals surface area contributed by atoms with E-state index in [0.717, 1.165) is 0 Å². The Morgan fingerprint density at radius 3 is 2.53 bits per heavy atom. The van der Waals surface area contributed by atoms with Gasteiger partial charge in [0.2, 0.25) is 5.91 Å². The molecule has 0 aromatic heterocycles. The fourth-order valence-electron chi connectivity index (χ4n) is 1.63. The summed E-state index contributed by atoms with van der Waals surface area (Å²) in [6.45, 7) is 0. The van der Waals surface area contributed by atoms with Crippen LogP contribution in [0, 0.1) is 0 Å². The third kappa shape index (κ3) is 2.18. The van der Waals surface area contributed by atoms with Crippen LogP contribution in [0.4, 0.5) is 0 Å². The molecule has 2 rings (SSSR count). The lowest BCUT2D eigenvalue weighted by Crippen LogP contribution is -2.33. The van der Waals surface area contributed by atoms with Gasteiger partial charge in [-0.3, -0.25) is 9.59 Å². The van der Waals surface area contributed by atoms with Gasteiger partial charge in [-0.25, -0.2) is 0 Å². The van der Waals surface area contributed by atoms with Crippen molar-refractivity contribution in [3.05, 3.63) is 34.9 Å². The number of benzene rings is 1. The van der Waals surface area contributed by atoms with E-state index in [4.69, 9.17) is 11.6 Å². The molecule has 0 radical (unpaired) electrons. The maximum atomic E-state index is 11.8. The Bertz CT molecular complexity index is 400. The molecule has 1 aromatic carbocycles. The summed E-state index contributed by atoms with van der Waals surface area (Å²) in [5.74, 6) is -0.0974. The fraction of sp³-hybridized carbons (Fsp3) is 0.273. The van der Waals surface area contributed by atoms with Gasteiger partial charge in [0, 0.05) is 17.0 Å². The predicted octanol–water partition coefficient (Wildman–Crippen LogP) is 1.80. The summed E-state index contributed by atoms with van der Waals surface area (Å²) in [6, 6.07) is 6.33. The van der Waals surface area contributed by atoms with Gasteiger partial charge < -0.3 is 5.32 Å². The number of hydrogen-bond acceptors (Lipinski definition) is 2. The van der Waals surface area contributed by atoms with Gasteiger partial charge in [0.15, 0.2) is 5.78 Å². The number of nitrogens with one attached hydrogen (secondary N) is 1. The minimum atomic E-state index is -0.362. The number of ketones is 1. The van der Waals surface area contributed by atoms with Crippen LogP contribution in [0.1, 0.15) is 23.2 Å². The molecule has 0 spiro atoms. The van der Waals surface area contributed by atoms with Crippen molar-refractivity contribution in [3.8, 4) is 0 Å². The van der Waals surface area contributed by atoms with E-state index in [2.05, 4.69) is 5.32 Å². The lowest BCUT2D eigenvalue weighted by atomic mass is 10.0. The van der Waals surface area contributed by atoms with E-state index in [1.807, 2.05) is 0 Å². The quantitative estimate of drug-likeness (QED) is 0.778. The maximum absolute atomic E-state index is 11.8. The number of Topliss-reactive ketones (excluding diaryl/α,β-unsaturated/α-hetero) is 1. The molecule has 15 heavy (non-hydrogen) atoms. The third-order valence-electron chi connectivity index (χ3n) is 2.44. The summed E-state index contributed by atoms with van der Waals surface area (Å²) in [6.07, 6.45) is 1.02. The maximum Gasteiger partial charge on any atom is 0.220 e. The zero-order valence-electron chi connectivity index (χ0n) is 8.00. The van der Waals surface area contributed by atoms with Crippen LogP contribution in [0.15, 0.2) is 24.3 Å². The first-order valence-corrected chi connectivity index (χ1v) is 5.14. The Labute approximate surface area is 92.4 Å². The van der Waals surface area contributed by atoms with Gasteiger partial charge >= 0.3 is 0 Å². The second-order valence-corrected chi connectivity index (χ2v) is 3.97. The number of rotatable bonds is 2. The topological polar surface area (TPSA) is 46.2 Å². The molecule has 0 saturated carbocycles. The van der Waals surface area contributed by atoms with Gasteiger partial charge in [-0.1, -0.05) is 11.6 Å². The molecule has 1 unspecified atom stereocenters. The van der Waals surface area contributed by atoms with Crippen LogP contribution in [0.25, 0.3) is 0 Å². The average Bonchev–Trinajstić information content (AvgIpc) is 2.65. The van der Waals surface area contributed by atoms with Crippen LogP contribution in [-0.4, -0.2) is 17.7 Å². The first kappa shape index (κ1) is 10.2. The van der Waals surface area contributed by atoms with Crippen molar-refractivity contribution in [1.29, 1.82) is 0 Å². The van der Waals surface area contributed by atoms with E-state index in [-0.39, 0.29) is 17.7 Å². The Morgan fingerprint density at radius 1 is 1.33 bits per heavy atom. The van der Waals surface area contributed by atoms with Crippen LogP contribution >= 0.6 is 11.6 Å². The number of hydrogen-bond donors (Lipinski definition) is 1. The van der Waals surface area contributed by atoms with Gasteiger partial charge in [0.1, 0.15) is 0 Å². The van der Waals surface area contributed by atoms with Crippen molar-refractivity contribution in [2.45, 2.75) is 18.9 Å². The zero-order chi connectivity index (χ0) is 10.8. The summed E-state index contributed by atoms with van der Waals surface area (Å²) < 4.78 is 0. The minimum absolute atomic E-state index is 0.0440. The van der Waals surface area contributed by atoms with Crippen molar-refractivity contribution in [3.63, 3.8) is 0 Å². The van der Waals surface area contributed by atoms with E-state index in [1.165, 1.54) is 0 Å². The molecule has 3 nitrogen and oxygen atoms in total. The fourth-order valence-corrected chi connectivity index (χ4v) is 1.75. The van der Waals surface area contributed by atoms with E-state index in [0.29, 0.717) is 23.4 Å². The summed E-state index contributed by atoms with van der Waals surface area (Å²) in [5, 5.41) is 3.24. The van der Waals surface area contributed by atoms with Gasteiger partial charge in [0.25, 0.3) is 0 Å². The molecule has 78 valence electrons. The first-order chi connectivity index (χ1) is 7.16. The van der Waals surface area contributed by atoms with Crippen molar-refractivity contribution in [2.75, 3.05) is 0 Å². The van der Waals surface area contributed by atoms with Crippen LogP contribution < -0.4 is 5.32 Å². The van der Waals surface area contributed by atoms with Crippen molar-refractivity contribution >= 4 is 23.3 Å². The van der Waals surface area contributed by atoms with Crippen LogP contribution in [0.2, 0.25) is 5.02 Å². The smallest absolute Gasteiger partial charge is 0.220 e. The number of halogens is 1. The average molecular weight is 224 g/mol. The molecular weight excluding hydrogens is 214 g/mol. The second kappa shape index (κ2) is 4.03. The lowest BCUT2D eigenvalue weighted by molar-refractivity contribution is -0.119. The van der Waals surface area contributed by atoms with E-state index in [9.17, 15) is 9.59 Å². The van der Waals surface area contributed by atoms with Gasteiger partial charge in [-0.2, -0.15) is 0 Å². The Hall–Kier alpha value is -1.35. The van der Waals surface area contributed by atoms with Crippen molar-refractivity contribution in [2.24, 2.45) is 0 Å². The van der Waals surface area contributed by atoms with Crippen LogP contribution in [0.3, 0.4) is 0 Å². The molecule has 1 amide bonds.